The van der Waals surface area contributed by atoms with Gasteiger partial charge in [0.2, 0.25) is 0 Å². The normalized spacial score (nSPS) is 13.5. The third-order valence-electron chi connectivity index (χ3n) is 3.65. The van der Waals surface area contributed by atoms with Gasteiger partial charge in [-0.1, -0.05) is 0 Å². The number of amides is 1. The molecule has 2 N–H and O–H groups in total. The summed E-state index contributed by atoms with van der Waals surface area (Å²) >= 11 is 1.37. The Labute approximate surface area is 134 Å². The van der Waals surface area contributed by atoms with Gasteiger partial charge in [0.25, 0.3) is 5.91 Å². The number of fused-ring (bicyclic) bond motifs is 2. The Morgan fingerprint density at radius 2 is 2.30 bits per heavy atom. The van der Waals surface area contributed by atoms with E-state index in [-0.39, 0.29) is 18.2 Å². The van der Waals surface area contributed by atoms with Gasteiger partial charge in [-0.05, 0) is 25.1 Å². The van der Waals surface area contributed by atoms with Crippen molar-refractivity contribution in [2.24, 2.45) is 0 Å². The molecular formula is C15H11N3O4S. The van der Waals surface area contributed by atoms with Crippen LogP contribution in [0.15, 0.2) is 23.6 Å². The smallest absolute Gasteiger partial charge is 0.354 e. The zero-order valence-corrected chi connectivity index (χ0v) is 12.8. The average molecular weight is 329 g/mol. The van der Waals surface area contributed by atoms with Gasteiger partial charge < -0.3 is 15.2 Å². The van der Waals surface area contributed by atoms with Crippen LogP contribution < -0.4 is 10.1 Å². The molecule has 7 nitrogen and oxygen atoms in total. The van der Waals surface area contributed by atoms with E-state index in [1.165, 1.54) is 11.3 Å². The van der Waals surface area contributed by atoms with Crippen molar-refractivity contribution >= 4 is 33.9 Å². The largest absolute Gasteiger partial charge is 0.482 e. The predicted octanol–water partition coefficient (Wildman–Crippen LogP) is 2.40. The number of carboxylic acid groups (broad SMARTS) is 1. The summed E-state index contributed by atoms with van der Waals surface area (Å²) in [7, 11) is 0. The molecule has 8 heteroatoms. The van der Waals surface area contributed by atoms with Crippen LogP contribution in [0.1, 0.15) is 16.2 Å². The molecule has 0 unspecified atom stereocenters. The Morgan fingerprint density at radius 1 is 1.48 bits per heavy atom. The molecule has 0 aliphatic carbocycles. The number of thiazole rings is 1. The first-order valence-electron chi connectivity index (χ1n) is 6.81. The molecule has 4 rings (SSSR count). The summed E-state index contributed by atoms with van der Waals surface area (Å²) in [5.74, 6) is -0.640. The Kier molecular flexibility index (Phi) is 2.88. The summed E-state index contributed by atoms with van der Waals surface area (Å²) in [5.41, 5.74) is 2.69. The van der Waals surface area contributed by atoms with Crippen LogP contribution in [0.3, 0.4) is 0 Å². The Hall–Kier alpha value is -2.87. The molecule has 3 aromatic rings. The first-order valence-corrected chi connectivity index (χ1v) is 7.69. The molecule has 0 radical (unpaired) electrons. The quantitative estimate of drug-likeness (QED) is 0.753. The van der Waals surface area contributed by atoms with Crippen molar-refractivity contribution in [3.63, 3.8) is 0 Å². The van der Waals surface area contributed by atoms with Gasteiger partial charge in [-0.25, -0.2) is 9.78 Å². The number of imidazole rings is 1. The zero-order valence-electron chi connectivity index (χ0n) is 12.0. The van der Waals surface area contributed by atoms with Crippen molar-refractivity contribution in [3.05, 3.63) is 35.0 Å². The third-order valence-corrected chi connectivity index (χ3v) is 4.47. The number of carboxylic acids is 1. The molecule has 0 atom stereocenters. The third kappa shape index (κ3) is 2.07. The number of aromatic carboxylic acids is 1. The molecule has 0 saturated heterocycles. The number of aryl methyl sites for hydroxylation is 1. The number of carbonyl (C=O) groups excluding carboxylic acids is 1. The number of anilines is 1. The van der Waals surface area contributed by atoms with Crippen LogP contribution >= 0.6 is 11.3 Å². The molecule has 1 aliphatic rings. The fraction of sp³-hybridized carbons (Fsp3) is 0.133. The van der Waals surface area contributed by atoms with E-state index in [1.807, 2.05) is 11.4 Å². The standard InChI is InChI=1S/C15H11N3O4S/c1-7-13(14(20)21)18-10(6-23-15(18)16-7)8-2-3-11-9(4-8)17-12(19)5-22-11/h2-4,6H,5H2,1H3,(H,17,19)(H,20,21). The first kappa shape index (κ1) is 13.8. The van der Waals surface area contributed by atoms with Crippen molar-refractivity contribution in [2.45, 2.75) is 6.92 Å². The number of ether oxygens (including phenoxy) is 1. The topological polar surface area (TPSA) is 92.9 Å². The summed E-state index contributed by atoms with van der Waals surface area (Å²) in [6, 6.07) is 5.37. The highest BCUT2D eigenvalue weighted by molar-refractivity contribution is 7.15. The summed E-state index contributed by atoms with van der Waals surface area (Å²) < 4.78 is 6.96. The Bertz CT molecular complexity index is 973. The number of benzene rings is 1. The second kappa shape index (κ2) is 4.82. The van der Waals surface area contributed by atoms with Crippen LogP contribution in [0.4, 0.5) is 5.69 Å². The molecule has 1 amide bonds. The van der Waals surface area contributed by atoms with Crippen LogP contribution in [-0.2, 0) is 4.79 Å². The lowest BCUT2D eigenvalue weighted by Crippen LogP contribution is -2.25. The summed E-state index contributed by atoms with van der Waals surface area (Å²) in [6.45, 7) is 1.67. The van der Waals surface area contributed by atoms with E-state index in [9.17, 15) is 14.7 Å². The van der Waals surface area contributed by atoms with Crippen molar-refractivity contribution < 1.29 is 19.4 Å². The van der Waals surface area contributed by atoms with E-state index < -0.39 is 5.97 Å². The van der Waals surface area contributed by atoms with Gasteiger partial charge >= 0.3 is 5.97 Å². The summed E-state index contributed by atoms with van der Waals surface area (Å²) in [4.78, 5) is 27.9. The second-order valence-corrected chi connectivity index (χ2v) is 5.97. The molecule has 2 aromatic heterocycles. The number of rotatable bonds is 2. The van der Waals surface area contributed by atoms with Gasteiger partial charge in [0.05, 0.1) is 17.1 Å². The molecule has 3 heterocycles. The maximum absolute atomic E-state index is 11.5. The minimum Gasteiger partial charge on any atom is -0.482 e. The highest BCUT2D eigenvalue weighted by Gasteiger charge is 2.22. The van der Waals surface area contributed by atoms with Gasteiger partial charge in [0.1, 0.15) is 5.75 Å². The molecule has 23 heavy (non-hydrogen) atoms. The van der Waals surface area contributed by atoms with Crippen LogP contribution in [0, 0.1) is 6.92 Å². The molecule has 0 saturated carbocycles. The maximum atomic E-state index is 11.5. The van der Waals surface area contributed by atoms with Gasteiger partial charge in [-0.2, -0.15) is 0 Å². The molecule has 1 aliphatic heterocycles. The lowest BCUT2D eigenvalue weighted by molar-refractivity contribution is -0.118. The minimum absolute atomic E-state index is 0.00107. The van der Waals surface area contributed by atoms with Gasteiger partial charge in [-0.3, -0.25) is 9.20 Å². The molecule has 1 aromatic carbocycles. The number of hydrogen-bond donors (Lipinski definition) is 2. The Balaban J connectivity index is 1.91. The number of aromatic nitrogens is 2. The van der Waals surface area contributed by atoms with E-state index >= 15 is 0 Å². The highest BCUT2D eigenvalue weighted by Crippen LogP contribution is 2.35. The number of nitrogens with zero attached hydrogens (tertiary/aromatic N) is 2. The number of carbonyl (C=O) groups is 2. The van der Waals surface area contributed by atoms with Crippen LogP contribution in [0.25, 0.3) is 16.2 Å². The zero-order chi connectivity index (χ0) is 16.1. The molecule has 116 valence electrons. The number of nitrogens with one attached hydrogen (secondary N) is 1. The van der Waals surface area contributed by atoms with E-state index in [1.54, 1.807) is 23.5 Å². The van der Waals surface area contributed by atoms with Crippen molar-refractivity contribution in [2.75, 3.05) is 11.9 Å². The lowest BCUT2D eigenvalue weighted by atomic mass is 10.1. The van der Waals surface area contributed by atoms with E-state index in [2.05, 4.69) is 10.3 Å². The highest BCUT2D eigenvalue weighted by atomic mass is 32.1. The molecule has 0 bridgehead atoms. The van der Waals surface area contributed by atoms with E-state index in [0.29, 0.717) is 27.8 Å². The predicted molar refractivity (Wildman–Crippen MR) is 84.3 cm³/mol. The van der Waals surface area contributed by atoms with Crippen LogP contribution in [-0.4, -0.2) is 33.0 Å². The molecular weight excluding hydrogens is 318 g/mol. The Morgan fingerprint density at radius 3 is 3.09 bits per heavy atom. The minimum atomic E-state index is -1.02. The summed E-state index contributed by atoms with van der Waals surface area (Å²) in [5, 5.41) is 14.0. The molecule has 0 fully saturated rings. The van der Waals surface area contributed by atoms with Crippen molar-refractivity contribution in [3.8, 4) is 17.0 Å². The first-order chi connectivity index (χ1) is 11.0. The summed E-state index contributed by atoms with van der Waals surface area (Å²) in [6.07, 6.45) is 0. The van der Waals surface area contributed by atoms with Crippen LogP contribution in [0.5, 0.6) is 5.75 Å². The molecule has 0 spiro atoms. The van der Waals surface area contributed by atoms with Crippen molar-refractivity contribution in [1.29, 1.82) is 0 Å². The van der Waals surface area contributed by atoms with Crippen LogP contribution in [0.2, 0.25) is 0 Å². The van der Waals surface area contributed by atoms with E-state index in [4.69, 9.17) is 4.74 Å². The van der Waals surface area contributed by atoms with Gasteiger partial charge in [-0.15, -0.1) is 11.3 Å². The van der Waals surface area contributed by atoms with E-state index in [0.717, 1.165) is 5.56 Å². The van der Waals surface area contributed by atoms with Gasteiger partial charge in [0.15, 0.2) is 17.3 Å². The van der Waals surface area contributed by atoms with Gasteiger partial charge in [0, 0.05) is 10.9 Å². The average Bonchev–Trinajstić information content (AvgIpc) is 3.03. The monoisotopic (exact) mass is 329 g/mol. The fourth-order valence-corrected chi connectivity index (χ4v) is 3.60. The number of hydrogen-bond acceptors (Lipinski definition) is 5. The fourth-order valence-electron chi connectivity index (χ4n) is 2.66. The SMILES string of the molecule is Cc1nc2scc(-c3ccc4c(c3)NC(=O)CO4)n2c1C(=O)O. The second-order valence-electron chi connectivity index (χ2n) is 5.14. The maximum Gasteiger partial charge on any atom is 0.354 e. The lowest BCUT2D eigenvalue weighted by Gasteiger charge is -2.18. The van der Waals surface area contributed by atoms with Crippen molar-refractivity contribution in [1.82, 2.24) is 9.38 Å².